The van der Waals surface area contributed by atoms with Crippen LogP contribution in [0.5, 0.6) is 5.88 Å². The summed E-state index contributed by atoms with van der Waals surface area (Å²) < 4.78 is 4.97. The predicted octanol–water partition coefficient (Wildman–Crippen LogP) is 2.19. The van der Waals surface area contributed by atoms with Crippen molar-refractivity contribution in [2.75, 3.05) is 18.2 Å². The number of benzene rings is 1. The number of aromatic nitrogens is 1. The molecule has 0 atom stereocenters. The van der Waals surface area contributed by atoms with Crippen molar-refractivity contribution in [3.8, 4) is 5.88 Å². The lowest BCUT2D eigenvalue weighted by atomic mass is 10.2. The van der Waals surface area contributed by atoms with E-state index >= 15 is 0 Å². The largest absolute Gasteiger partial charge is 0.481 e. The number of ether oxygens (including phenoxy) is 1. The molecule has 2 rings (SSSR count). The predicted molar refractivity (Wildman–Crippen MR) is 75.6 cm³/mol. The quantitative estimate of drug-likeness (QED) is 0.492. The van der Waals surface area contributed by atoms with Crippen LogP contribution < -0.4 is 15.8 Å². The van der Waals surface area contributed by atoms with Crippen LogP contribution in [0.1, 0.15) is 5.56 Å². The smallest absolute Gasteiger partial charge is 0.292 e. The van der Waals surface area contributed by atoms with Crippen molar-refractivity contribution in [2.24, 2.45) is 0 Å². The number of pyridine rings is 1. The molecule has 0 aliphatic rings. The highest BCUT2D eigenvalue weighted by molar-refractivity contribution is 5.65. The number of hydrogen-bond acceptors (Lipinski definition) is 6. The van der Waals surface area contributed by atoms with E-state index < -0.39 is 4.92 Å². The minimum absolute atomic E-state index is 0.0957. The Morgan fingerprint density at radius 2 is 2.20 bits per heavy atom. The van der Waals surface area contributed by atoms with E-state index in [-0.39, 0.29) is 11.4 Å². The van der Waals surface area contributed by atoms with Gasteiger partial charge < -0.3 is 15.8 Å². The van der Waals surface area contributed by atoms with Gasteiger partial charge in [-0.15, -0.1) is 0 Å². The number of nitrogens with zero attached hydrogens (tertiary/aromatic N) is 2. The molecule has 2 aromatic rings. The van der Waals surface area contributed by atoms with Gasteiger partial charge in [0.1, 0.15) is 5.69 Å². The summed E-state index contributed by atoms with van der Waals surface area (Å²) in [6.07, 6.45) is 1.70. The van der Waals surface area contributed by atoms with Crippen LogP contribution in [0.4, 0.5) is 17.1 Å². The van der Waals surface area contributed by atoms with Crippen molar-refractivity contribution < 1.29 is 9.66 Å². The van der Waals surface area contributed by atoms with Crippen molar-refractivity contribution in [3.63, 3.8) is 0 Å². The highest BCUT2D eigenvalue weighted by Crippen LogP contribution is 2.24. The lowest BCUT2D eigenvalue weighted by Crippen LogP contribution is -2.02. The van der Waals surface area contributed by atoms with Crippen molar-refractivity contribution in [3.05, 3.63) is 52.2 Å². The molecule has 7 heteroatoms. The Hall–Kier alpha value is -2.83. The first-order valence-electron chi connectivity index (χ1n) is 5.87. The number of nitro groups is 1. The van der Waals surface area contributed by atoms with Gasteiger partial charge in [-0.25, -0.2) is 4.98 Å². The molecular formula is C13H14N4O3. The Balaban J connectivity index is 2.03. The molecule has 0 saturated heterocycles. The van der Waals surface area contributed by atoms with E-state index in [1.165, 1.54) is 12.1 Å². The summed E-state index contributed by atoms with van der Waals surface area (Å²) in [6.45, 7) is 0.536. The maximum Gasteiger partial charge on any atom is 0.292 e. The molecule has 0 saturated carbocycles. The SMILES string of the molecule is COc1ccc(CNc2ccc([N+](=O)[O-])c(N)c2)cn1. The molecule has 1 heterocycles. The molecule has 104 valence electrons. The molecule has 0 bridgehead atoms. The third-order valence-electron chi connectivity index (χ3n) is 2.73. The molecule has 20 heavy (non-hydrogen) atoms. The number of methoxy groups -OCH3 is 1. The lowest BCUT2D eigenvalue weighted by molar-refractivity contribution is -0.383. The zero-order valence-corrected chi connectivity index (χ0v) is 10.9. The number of hydrogen-bond donors (Lipinski definition) is 2. The molecule has 0 amide bonds. The van der Waals surface area contributed by atoms with Gasteiger partial charge in [-0.3, -0.25) is 10.1 Å². The first-order valence-corrected chi connectivity index (χ1v) is 5.87. The van der Waals surface area contributed by atoms with Crippen LogP contribution in [0.2, 0.25) is 0 Å². The van der Waals surface area contributed by atoms with E-state index in [0.29, 0.717) is 18.1 Å². The minimum atomic E-state index is -0.507. The van der Waals surface area contributed by atoms with Gasteiger partial charge in [0.05, 0.1) is 12.0 Å². The van der Waals surface area contributed by atoms with Gasteiger partial charge in [-0.05, 0) is 17.7 Å². The maximum atomic E-state index is 10.7. The molecule has 0 unspecified atom stereocenters. The van der Waals surface area contributed by atoms with Crippen LogP contribution in [0.3, 0.4) is 0 Å². The Morgan fingerprint density at radius 1 is 1.40 bits per heavy atom. The summed E-state index contributed by atoms with van der Waals surface area (Å²) in [4.78, 5) is 14.2. The Labute approximate surface area is 115 Å². The first-order chi connectivity index (χ1) is 9.60. The second kappa shape index (κ2) is 5.87. The summed E-state index contributed by atoms with van der Waals surface area (Å²) in [7, 11) is 1.56. The average molecular weight is 274 g/mol. The van der Waals surface area contributed by atoms with E-state index in [1.807, 2.05) is 6.07 Å². The minimum Gasteiger partial charge on any atom is -0.481 e. The molecule has 0 aliphatic carbocycles. The standard InChI is InChI=1S/C13H14N4O3/c1-20-13-5-2-9(8-16-13)7-15-10-3-4-12(17(18)19)11(14)6-10/h2-6,8,15H,7,14H2,1H3. The van der Waals surface area contributed by atoms with Gasteiger partial charge in [0.2, 0.25) is 5.88 Å². The number of nitrogens with one attached hydrogen (secondary N) is 1. The number of rotatable bonds is 5. The van der Waals surface area contributed by atoms with Crippen molar-refractivity contribution in [1.29, 1.82) is 0 Å². The normalized spacial score (nSPS) is 10.1. The monoisotopic (exact) mass is 274 g/mol. The van der Waals surface area contributed by atoms with Gasteiger partial charge in [0, 0.05) is 30.6 Å². The van der Waals surface area contributed by atoms with E-state index in [4.69, 9.17) is 10.5 Å². The van der Waals surface area contributed by atoms with Crippen LogP contribution in [0.15, 0.2) is 36.5 Å². The second-order valence-corrected chi connectivity index (χ2v) is 4.09. The van der Waals surface area contributed by atoms with E-state index in [0.717, 1.165) is 5.56 Å². The Bertz CT molecular complexity index is 614. The van der Waals surface area contributed by atoms with E-state index in [2.05, 4.69) is 10.3 Å². The average Bonchev–Trinajstić information content (AvgIpc) is 2.45. The summed E-state index contributed by atoms with van der Waals surface area (Å²) >= 11 is 0. The van der Waals surface area contributed by atoms with Crippen LogP contribution >= 0.6 is 0 Å². The van der Waals surface area contributed by atoms with E-state index in [9.17, 15) is 10.1 Å². The molecule has 7 nitrogen and oxygen atoms in total. The summed E-state index contributed by atoms with van der Waals surface area (Å²) in [5.41, 5.74) is 7.33. The molecular weight excluding hydrogens is 260 g/mol. The first kappa shape index (κ1) is 13.6. The summed E-state index contributed by atoms with van der Waals surface area (Å²) in [5.74, 6) is 0.549. The number of nitrogen functional groups attached to an aromatic ring is 1. The van der Waals surface area contributed by atoms with Crippen LogP contribution in [0, 0.1) is 10.1 Å². The topological polar surface area (TPSA) is 103 Å². The van der Waals surface area contributed by atoms with Crippen LogP contribution in [-0.4, -0.2) is 17.0 Å². The number of anilines is 2. The van der Waals surface area contributed by atoms with Gasteiger partial charge in [-0.2, -0.15) is 0 Å². The van der Waals surface area contributed by atoms with Gasteiger partial charge in [-0.1, -0.05) is 6.07 Å². The van der Waals surface area contributed by atoms with Gasteiger partial charge >= 0.3 is 0 Å². The molecule has 0 radical (unpaired) electrons. The van der Waals surface area contributed by atoms with Crippen molar-refractivity contribution >= 4 is 17.1 Å². The fourth-order valence-corrected chi connectivity index (χ4v) is 1.67. The van der Waals surface area contributed by atoms with Gasteiger partial charge in [0.25, 0.3) is 5.69 Å². The zero-order chi connectivity index (χ0) is 14.5. The van der Waals surface area contributed by atoms with Crippen LogP contribution in [0.25, 0.3) is 0 Å². The summed E-state index contributed by atoms with van der Waals surface area (Å²) in [5, 5.41) is 13.8. The highest BCUT2D eigenvalue weighted by Gasteiger charge is 2.10. The zero-order valence-electron chi connectivity index (χ0n) is 10.9. The number of nitro benzene ring substituents is 1. The van der Waals surface area contributed by atoms with Crippen LogP contribution in [-0.2, 0) is 6.54 Å². The van der Waals surface area contributed by atoms with E-state index in [1.54, 1.807) is 25.4 Å². The fourth-order valence-electron chi connectivity index (χ4n) is 1.67. The third-order valence-corrected chi connectivity index (χ3v) is 2.73. The lowest BCUT2D eigenvalue weighted by Gasteiger charge is -2.07. The molecule has 1 aromatic heterocycles. The van der Waals surface area contributed by atoms with Gasteiger partial charge in [0.15, 0.2) is 0 Å². The molecule has 1 aromatic carbocycles. The van der Waals surface area contributed by atoms with Crippen molar-refractivity contribution in [2.45, 2.75) is 6.54 Å². The maximum absolute atomic E-state index is 10.7. The molecule has 0 spiro atoms. The Kier molecular flexibility index (Phi) is 3.99. The summed E-state index contributed by atoms with van der Waals surface area (Å²) in [6, 6.07) is 8.18. The number of nitrogens with two attached hydrogens (primary N) is 1. The highest BCUT2D eigenvalue weighted by atomic mass is 16.6. The van der Waals surface area contributed by atoms with Crippen molar-refractivity contribution in [1.82, 2.24) is 4.98 Å². The molecule has 0 fully saturated rings. The Morgan fingerprint density at radius 3 is 2.75 bits per heavy atom. The molecule has 0 aliphatic heterocycles. The fraction of sp³-hybridized carbons (Fsp3) is 0.154. The third kappa shape index (κ3) is 3.14. The second-order valence-electron chi connectivity index (χ2n) is 4.09. The molecule has 3 N–H and O–H groups in total.